The fraction of sp³-hybridized carbons (Fsp3) is 0.200. The minimum atomic E-state index is -0.515. The molecule has 2 heterocycles. The Morgan fingerprint density at radius 3 is 3.06 bits per heavy atom. The van der Waals surface area contributed by atoms with Crippen LogP contribution in [0.5, 0.6) is 0 Å². The van der Waals surface area contributed by atoms with Crippen LogP contribution in [0.15, 0.2) is 29.0 Å². The fourth-order valence-electron chi connectivity index (χ4n) is 1.32. The third-order valence-corrected chi connectivity index (χ3v) is 2.21. The van der Waals surface area contributed by atoms with Gasteiger partial charge in [0.15, 0.2) is 11.6 Å². The third-order valence-electron chi connectivity index (χ3n) is 2.03. The van der Waals surface area contributed by atoms with Crippen molar-refractivity contribution in [3.05, 3.63) is 41.5 Å². The van der Waals surface area contributed by atoms with Crippen molar-refractivity contribution in [3.63, 3.8) is 0 Å². The second-order valence-electron chi connectivity index (χ2n) is 3.25. The summed E-state index contributed by atoms with van der Waals surface area (Å²) in [6.45, 7) is 0.414. The zero-order valence-corrected chi connectivity index (χ0v) is 9.28. The Morgan fingerprint density at radius 2 is 2.38 bits per heavy atom. The smallest absolute Gasteiger partial charge is 0.224 e. The van der Waals surface area contributed by atoms with E-state index in [0.717, 1.165) is 12.0 Å². The quantitative estimate of drug-likeness (QED) is 0.775. The zero-order valence-electron chi connectivity index (χ0n) is 8.52. The molecule has 0 bridgehead atoms. The minimum Gasteiger partial charge on any atom is -0.467 e. The van der Waals surface area contributed by atoms with Crippen LogP contribution in [-0.2, 0) is 6.54 Å². The first-order valence-corrected chi connectivity index (χ1v) is 4.96. The van der Waals surface area contributed by atoms with Crippen molar-refractivity contribution in [2.75, 3.05) is 11.9 Å². The molecular weight excluding hydrogens is 233 g/mol. The molecule has 84 valence electrons. The van der Waals surface area contributed by atoms with Crippen LogP contribution in [-0.4, -0.2) is 17.0 Å². The Kier molecular flexibility index (Phi) is 3.05. The summed E-state index contributed by atoms with van der Waals surface area (Å²) in [6.07, 6.45) is 2.61. The van der Waals surface area contributed by atoms with Crippen LogP contribution in [0.1, 0.15) is 5.76 Å². The summed E-state index contributed by atoms with van der Waals surface area (Å²) in [6, 6.07) is 3.57. The molecule has 2 aromatic rings. The Morgan fingerprint density at radius 1 is 1.56 bits per heavy atom. The lowest BCUT2D eigenvalue weighted by Crippen LogP contribution is -2.19. The van der Waals surface area contributed by atoms with Crippen LogP contribution in [0, 0.1) is 5.82 Å². The highest BCUT2D eigenvalue weighted by Gasteiger charge is 2.12. The Bertz CT molecular complexity index is 475. The first-order valence-electron chi connectivity index (χ1n) is 4.58. The predicted octanol–water partition coefficient (Wildman–Crippen LogP) is 2.50. The van der Waals surface area contributed by atoms with Gasteiger partial charge < -0.3 is 9.32 Å². The maximum absolute atomic E-state index is 13.4. The van der Waals surface area contributed by atoms with Gasteiger partial charge in [-0.1, -0.05) is 0 Å². The number of hydrogen-bond acceptors (Lipinski definition) is 4. The summed E-state index contributed by atoms with van der Waals surface area (Å²) in [5, 5.41) is 0.0164. The normalized spacial score (nSPS) is 10.4. The molecule has 0 atom stereocenters. The largest absolute Gasteiger partial charge is 0.467 e. The lowest BCUT2D eigenvalue weighted by molar-refractivity contribution is 0.504. The number of aromatic nitrogens is 2. The van der Waals surface area contributed by atoms with Crippen LogP contribution in [0.4, 0.5) is 10.2 Å². The van der Waals surface area contributed by atoms with Gasteiger partial charge in [0, 0.05) is 7.05 Å². The van der Waals surface area contributed by atoms with Crippen LogP contribution in [0.2, 0.25) is 5.28 Å². The monoisotopic (exact) mass is 241 g/mol. The molecular formula is C10H9ClFN3O. The summed E-state index contributed by atoms with van der Waals surface area (Å²) < 4.78 is 18.5. The summed E-state index contributed by atoms with van der Waals surface area (Å²) in [5.74, 6) is 0.353. The highest BCUT2D eigenvalue weighted by molar-refractivity contribution is 6.28. The minimum absolute atomic E-state index is 0.0164. The highest BCUT2D eigenvalue weighted by atomic mass is 35.5. The third kappa shape index (κ3) is 2.30. The number of nitrogens with zero attached hydrogens (tertiary/aromatic N) is 3. The van der Waals surface area contributed by atoms with Crippen LogP contribution in [0.3, 0.4) is 0 Å². The molecule has 16 heavy (non-hydrogen) atoms. The van der Waals surface area contributed by atoms with E-state index in [1.165, 1.54) is 0 Å². The number of anilines is 1. The van der Waals surface area contributed by atoms with Crippen molar-refractivity contribution >= 4 is 17.4 Å². The standard InChI is InChI=1S/C10H9ClFN3O/c1-15(6-7-3-2-4-16-7)9-8(12)5-13-10(11)14-9/h2-5H,6H2,1H3. The van der Waals surface area contributed by atoms with E-state index in [0.29, 0.717) is 6.54 Å². The van der Waals surface area contributed by atoms with E-state index in [2.05, 4.69) is 9.97 Å². The van der Waals surface area contributed by atoms with Crippen molar-refractivity contribution in [1.82, 2.24) is 9.97 Å². The van der Waals surface area contributed by atoms with Crippen LogP contribution < -0.4 is 4.90 Å². The molecule has 0 saturated heterocycles. The Balaban J connectivity index is 2.20. The summed E-state index contributed by atoms with van der Waals surface area (Å²) in [4.78, 5) is 8.96. The van der Waals surface area contributed by atoms with Gasteiger partial charge in [0.05, 0.1) is 19.0 Å². The molecule has 2 aromatic heterocycles. The zero-order chi connectivity index (χ0) is 11.5. The number of hydrogen-bond donors (Lipinski definition) is 0. The molecule has 4 nitrogen and oxygen atoms in total. The van der Waals surface area contributed by atoms with Gasteiger partial charge in [-0.25, -0.2) is 9.37 Å². The lowest BCUT2D eigenvalue weighted by atomic mass is 10.4. The summed E-state index contributed by atoms with van der Waals surface area (Å²) in [5.41, 5.74) is 0. The summed E-state index contributed by atoms with van der Waals surface area (Å²) in [7, 11) is 1.70. The molecule has 0 unspecified atom stereocenters. The predicted molar refractivity (Wildman–Crippen MR) is 57.8 cm³/mol. The van der Waals surface area contributed by atoms with Gasteiger partial charge in [-0.3, -0.25) is 0 Å². The number of halogens is 2. The van der Waals surface area contributed by atoms with Crippen LogP contribution >= 0.6 is 11.6 Å². The Hall–Kier alpha value is -1.62. The van der Waals surface area contributed by atoms with E-state index < -0.39 is 5.82 Å². The van der Waals surface area contributed by atoms with E-state index in [1.54, 1.807) is 30.3 Å². The number of furan rings is 1. The maximum atomic E-state index is 13.4. The van der Waals surface area contributed by atoms with Gasteiger partial charge in [0.25, 0.3) is 0 Å². The van der Waals surface area contributed by atoms with E-state index in [-0.39, 0.29) is 11.1 Å². The second-order valence-corrected chi connectivity index (χ2v) is 3.58. The van der Waals surface area contributed by atoms with Gasteiger partial charge >= 0.3 is 0 Å². The molecule has 6 heteroatoms. The molecule has 0 saturated carbocycles. The average molecular weight is 242 g/mol. The van der Waals surface area contributed by atoms with Crippen molar-refractivity contribution in [3.8, 4) is 0 Å². The second kappa shape index (κ2) is 4.49. The molecule has 0 aliphatic carbocycles. The summed E-state index contributed by atoms with van der Waals surface area (Å²) >= 11 is 5.60. The van der Waals surface area contributed by atoms with Gasteiger partial charge in [-0.05, 0) is 23.7 Å². The van der Waals surface area contributed by atoms with Gasteiger partial charge in [0.1, 0.15) is 5.76 Å². The molecule has 0 aliphatic rings. The molecule has 0 spiro atoms. The van der Waals surface area contributed by atoms with Crippen molar-refractivity contribution in [2.45, 2.75) is 6.54 Å². The van der Waals surface area contributed by atoms with Crippen molar-refractivity contribution in [2.24, 2.45) is 0 Å². The molecule has 0 radical (unpaired) electrons. The molecule has 2 rings (SSSR count). The van der Waals surface area contributed by atoms with Crippen LogP contribution in [0.25, 0.3) is 0 Å². The molecule has 0 amide bonds. The maximum Gasteiger partial charge on any atom is 0.224 e. The average Bonchev–Trinajstić information content (AvgIpc) is 2.74. The van der Waals surface area contributed by atoms with Gasteiger partial charge in [0.2, 0.25) is 5.28 Å². The Labute approximate surface area is 96.7 Å². The van der Waals surface area contributed by atoms with E-state index >= 15 is 0 Å². The highest BCUT2D eigenvalue weighted by Crippen LogP contribution is 2.18. The fourth-order valence-corrected chi connectivity index (χ4v) is 1.45. The lowest BCUT2D eigenvalue weighted by Gasteiger charge is -2.16. The van der Waals surface area contributed by atoms with Crippen molar-refractivity contribution < 1.29 is 8.81 Å². The van der Waals surface area contributed by atoms with Gasteiger partial charge in [-0.2, -0.15) is 4.98 Å². The SMILES string of the molecule is CN(Cc1ccco1)c1nc(Cl)ncc1F. The molecule has 0 aromatic carbocycles. The van der Waals surface area contributed by atoms with E-state index in [1.807, 2.05) is 0 Å². The van der Waals surface area contributed by atoms with E-state index in [4.69, 9.17) is 16.0 Å². The number of rotatable bonds is 3. The van der Waals surface area contributed by atoms with E-state index in [9.17, 15) is 4.39 Å². The topological polar surface area (TPSA) is 42.2 Å². The first kappa shape index (κ1) is 10.9. The van der Waals surface area contributed by atoms with Crippen molar-refractivity contribution in [1.29, 1.82) is 0 Å². The molecule has 0 fully saturated rings. The molecule has 0 aliphatic heterocycles. The van der Waals surface area contributed by atoms with Gasteiger partial charge in [-0.15, -0.1) is 0 Å². The molecule has 0 N–H and O–H groups in total. The first-order chi connectivity index (χ1) is 7.66.